The van der Waals surface area contributed by atoms with E-state index in [2.05, 4.69) is 51.8 Å². The quantitative estimate of drug-likeness (QED) is 0.685. The number of nitrogens with zero attached hydrogens (tertiary/aromatic N) is 3. The molecule has 0 saturated carbocycles. The maximum absolute atomic E-state index is 4.47. The number of allylic oxidation sites excluding steroid dienone is 2. The Kier molecular flexibility index (Phi) is 3.26. The molecule has 0 amide bonds. The Balaban J connectivity index is 2.00. The van der Waals surface area contributed by atoms with E-state index in [9.17, 15) is 0 Å². The molecular formula is C19H19N3. The van der Waals surface area contributed by atoms with E-state index in [0.29, 0.717) is 0 Å². The number of benzene rings is 1. The lowest BCUT2D eigenvalue weighted by molar-refractivity contribution is 0.737. The third-order valence-electron chi connectivity index (χ3n) is 4.33. The largest absolute Gasteiger partial charge is 0.278 e. The Morgan fingerprint density at radius 1 is 1.05 bits per heavy atom. The third-order valence-corrected chi connectivity index (χ3v) is 4.33. The highest BCUT2D eigenvalue weighted by atomic mass is 15.2. The van der Waals surface area contributed by atoms with Gasteiger partial charge in [-0.1, -0.05) is 17.7 Å². The van der Waals surface area contributed by atoms with Crippen LogP contribution in [0.2, 0.25) is 0 Å². The van der Waals surface area contributed by atoms with Gasteiger partial charge in [-0.15, -0.1) is 0 Å². The Hall–Kier alpha value is -2.42. The molecule has 1 aliphatic carbocycles. The zero-order chi connectivity index (χ0) is 14.9. The summed E-state index contributed by atoms with van der Waals surface area (Å²) in [6, 6.07) is 10.7. The van der Waals surface area contributed by atoms with Crippen LogP contribution in [0.5, 0.6) is 0 Å². The Morgan fingerprint density at radius 2 is 1.91 bits per heavy atom. The fourth-order valence-electron chi connectivity index (χ4n) is 3.26. The number of hydrogen-bond donors (Lipinski definition) is 0. The second kappa shape index (κ2) is 5.41. The van der Waals surface area contributed by atoms with Gasteiger partial charge in [-0.05, 0) is 62.4 Å². The van der Waals surface area contributed by atoms with E-state index in [-0.39, 0.29) is 0 Å². The predicted octanol–water partition coefficient (Wildman–Crippen LogP) is 4.69. The second-order valence-corrected chi connectivity index (χ2v) is 5.95. The van der Waals surface area contributed by atoms with Crippen molar-refractivity contribution < 1.29 is 0 Å². The molecule has 0 bridgehead atoms. The van der Waals surface area contributed by atoms with Crippen molar-refractivity contribution >= 4 is 16.5 Å². The zero-order valence-electron chi connectivity index (χ0n) is 12.8. The summed E-state index contributed by atoms with van der Waals surface area (Å²) in [4.78, 5) is 8.95. The van der Waals surface area contributed by atoms with Gasteiger partial charge in [0.1, 0.15) is 0 Å². The molecule has 3 nitrogen and oxygen atoms in total. The Labute approximate surface area is 130 Å². The van der Waals surface area contributed by atoms with Crippen LogP contribution in [0.1, 0.15) is 36.9 Å². The highest BCUT2D eigenvalue weighted by Crippen LogP contribution is 2.33. The Morgan fingerprint density at radius 3 is 2.68 bits per heavy atom. The van der Waals surface area contributed by atoms with E-state index in [1.165, 1.54) is 47.0 Å². The summed E-state index contributed by atoms with van der Waals surface area (Å²) >= 11 is 0. The zero-order valence-corrected chi connectivity index (χ0v) is 12.8. The molecule has 2 heterocycles. The molecule has 0 unspecified atom stereocenters. The van der Waals surface area contributed by atoms with Gasteiger partial charge >= 0.3 is 0 Å². The van der Waals surface area contributed by atoms with Crippen LogP contribution < -0.4 is 0 Å². The van der Waals surface area contributed by atoms with E-state index in [4.69, 9.17) is 0 Å². The summed E-state index contributed by atoms with van der Waals surface area (Å²) in [6.07, 6.45) is 10.9. The highest BCUT2D eigenvalue weighted by Gasteiger charge is 2.17. The number of hydrogen-bond acceptors (Lipinski definition) is 2. The maximum atomic E-state index is 4.47. The van der Waals surface area contributed by atoms with Crippen LogP contribution in [0, 0.1) is 6.92 Å². The van der Waals surface area contributed by atoms with Gasteiger partial charge in [-0.25, -0.2) is 9.97 Å². The summed E-state index contributed by atoms with van der Waals surface area (Å²) in [5, 5.41) is 1.26. The van der Waals surface area contributed by atoms with E-state index < -0.39 is 0 Å². The lowest BCUT2D eigenvalue weighted by atomic mass is 9.97. The van der Waals surface area contributed by atoms with Crippen molar-refractivity contribution in [3.8, 4) is 5.95 Å². The average molecular weight is 289 g/mol. The molecule has 3 aromatic rings. The van der Waals surface area contributed by atoms with E-state index >= 15 is 0 Å². The molecule has 0 atom stereocenters. The molecule has 22 heavy (non-hydrogen) atoms. The highest BCUT2D eigenvalue weighted by molar-refractivity contribution is 5.88. The lowest BCUT2D eigenvalue weighted by Gasteiger charge is -2.15. The van der Waals surface area contributed by atoms with Gasteiger partial charge in [0.25, 0.3) is 0 Å². The minimum Gasteiger partial charge on any atom is -0.278 e. The molecule has 0 aliphatic heterocycles. The molecule has 0 N–H and O–H groups in total. The number of aryl methyl sites for hydroxylation is 1. The van der Waals surface area contributed by atoms with Crippen LogP contribution in [0.3, 0.4) is 0 Å². The van der Waals surface area contributed by atoms with Gasteiger partial charge in [0.2, 0.25) is 5.95 Å². The normalized spacial score (nSPS) is 15.0. The summed E-state index contributed by atoms with van der Waals surface area (Å²) in [7, 11) is 0. The molecule has 4 rings (SSSR count). The molecule has 110 valence electrons. The molecular weight excluding hydrogens is 270 g/mol. The molecule has 0 spiro atoms. The summed E-state index contributed by atoms with van der Waals surface area (Å²) < 4.78 is 2.20. The summed E-state index contributed by atoms with van der Waals surface area (Å²) in [5.74, 6) is 0.753. The van der Waals surface area contributed by atoms with Gasteiger partial charge in [0.05, 0.1) is 11.2 Å². The fourth-order valence-corrected chi connectivity index (χ4v) is 3.26. The van der Waals surface area contributed by atoms with E-state index in [1.807, 2.05) is 6.07 Å². The third kappa shape index (κ3) is 2.23. The minimum atomic E-state index is 0.753. The molecule has 1 aromatic carbocycles. The van der Waals surface area contributed by atoms with Crippen molar-refractivity contribution in [3.63, 3.8) is 0 Å². The monoisotopic (exact) mass is 289 g/mol. The average Bonchev–Trinajstić information content (AvgIpc) is 2.95. The second-order valence-electron chi connectivity index (χ2n) is 5.95. The molecule has 1 aliphatic rings. The van der Waals surface area contributed by atoms with Crippen LogP contribution in [-0.2, 0) is 0 Å². The number of rotatable bonds is 2. The maximum Gasteiger partial charge on any atom is 0.234 e. The first-order chi connectivity index (χ1) is 10.8. The molecule has 0 radical (unpaired) electrons. The van der Waals surface area contributed by atoms with Gasteiger partial charge < -0.3 is 0 Å². The van der Waals surface area contributed by atoms with Crippen LogP contribution in [0.15, 0.2) is 48.8 Å². The van der Waals surface area contributed by atoms with Crippen molar-refractivity contribution in [2.45, 2.75) is 32.6 Å². The first kappa shape index (κ1) is 13.3. The van der Waals surface area contributed by atoms with Crippen molar-refractivity contribution in [2.75, 3.05) is 0 Å². The first-order valence-electron chi connectivity index (χ1n) is 7.92. The standard InChI is InChI=1S/C19H19N3/c1-14-8-9-17-16(12-14)13-18(15-6-3-2-4-7-15)22(17)19-20-10-5-11-21-19/h5-6,8-13H,2-4,7H2,1H3. The molecule has 2 aromatic heterocycles. The number of aromatic nitrogens is 3. The van der Waals surface area contributed by atoms with Crippen LogP contribution in [0.4, 0.5) is 0 Å². The SMILES string of the molecule is Cc1ccc2c(c1)cc(C1=CCCCC1)n2-c1ncccn1. The topological polar surface area (TPSA) is 30.7 Å². The Bertz CT molecular complexity index is 844. The first-order valence-corrected chi connectivity index (χ1v) is 7.92. The van der Waals surface area contributed by atoms with Gasteiger partial charge in [-0.2, -0.15) is 0 Å². The van der Waals surface area contributed by atoms with Crippen molar-refractivity contribution in [2.24, 2.45) is 0 Å². The number of fused-ring (bicyclic) bond motifs is 1. The molecule has 0 fully saturated rings. The van der Waals surface area contributed by atoms with Gasteiger partial charge in [-0.3, -0.25) is 4.57 Å². The van der Waals surface area contributed by atoms with E-state index in [1.54, 1.807) is 12.4 Å². The molecule has 0 saturated heterocycles. The summed E-state index contributed by atoms with van der Waals surface area (Å²) in [6.45, 7) is 2.13. The van der Waals surface area contributed by atoms with Crippen molar-refractivity contribution in [1.29, 1.82) is 0 Å². The minimum absolute atomic E-state index is 0.753. The van der Waals surface area contributed by atoms with Crippen molar-refractivity contribution in [3.05, 3.63) is 60.1 Å². The smallest absolute Gasteiger partial charge is 0.234 e. The van der Waals surface area contributed by atoms with Crippen molar-refractivity contribution in [1.82, 2.24) is 14.5 Å². The predicted molar refractivity (Wildman–Crippen MR) is 90.0 cm³/mol. The van der Waals surface area contributed by atoms with Gasteiger partial charge in [0, 0.05) is 17.8 Å². The van der Waals surface area contributed by atoms with Gasteiger partial charge in [0.15, 0.2) is 0 Å². The van der Waals surface area contributed by atoms with Crippen LogP contribution in [0.25, 0.3) is 22.4 Å². The van der Waals surface area contributed by atoms with Crippen LogP contribution >= 0.6 is 0 Å². The fraction of sp³-hybridized carbons (Fsp3) is 0.263. The lowest BCUT2D eigenvalue weighted by Crippen LogP contribution is -2.05. The van der Waals surface area contributed by atoms with Crippen LogP contribution in [-0.4, -0.2) is 14.5 Å². The summed E-state index contributed by atoms with van der Waals surface area (Å²) in [5.41, 5.74) is 5.13. The van der Waals surface area contributed by atoms with E-state index in [0.717, 1.165) is 12.4 Å². The molecule has 3 heteroatoms.